The Morgan fingerprint density at radius 2 is 1.44 bits per heavy atom. The molecule has 27 heavy (non-hydrogen) atoms. The zero-order valence-corrected chi connectivity index (χ0v) is 14.6. The van der Waals surface area contributed by atoms with Gasteiger partial charge < -0.3 is 5.32 Å². The van der Waals surface area contributed by atoms with Crippen molar-refractivity contribution >= 4 is 27.3 Å². The number of sulfonamides is 1. The summed E-state index contributed by atoms with van der Waals surface area (Å²) in [4.78, 5) is 12.0. The van der Waals surface area contributed by atoms with Crippen LogP contribution in [0.25, 0.3) is 0 Å². The summed E-state index contributed by atoms with van der Waals surface area (Å²) in [5, 5.41) is 2.63. The highest BCUT2D eigenvalue weighted by Gasteiger charge is 2.20. The van der Waals surface area contributed by atoms with E-state index in [1.807, 2.05) is 4.72 Å². The number of para-hydroxylation sites is 2. The Morgan fingerprint density at radius 3 is 2.11 bits per heavy atom. The van der Waals surface area contributed by atoms with E-state index in [1.54, 1.807) is 30.3 Å². The van der Waals surface area contributed by atoms with Gasteiger partial charge in [-0.2, -0.15) is 0 Å². The lowest BCUT2D eigenvalue weighted by atomic mass is 10.2. The number of halogens is 2. The molecule has 0 heterocycles. The minimum absolute atomic E-state index is 0.0794. The minimum atomic E-state index is -4.30. The van der Waals surface area contributed by atoms with E-state index < -0.39 is 33.3 Å². The zero-order chi connectivity index (χ0) is 19.4. The SMILES string of the molecule is O=C(Nc1ccccc1)c1cccc(S(=O)(=O)Nc2c(F)cccc2F)c1. The summed E-state index contributed by atoms with van der Waals surface area (Å²) >= 11 is 0. The third-order valence-corrected chi connectivity index (χ3v) is 4.98. The molecule has 0 aliphatic rings. The van der Waals surface area contributed by atoms with E-state index in [1.165, 1.54) is 18.2 Å². The number of hydrogen-bond donors (Lipinski definition) is 2. The second-order valence-corrected chi connectivity index (χ2v) is 7.23. The van der Waals surface area contributed by atoms with Crippen LogP contribution in [0, 0.1) is 11.6 Å². The van der Waals surface area contributed by atoms with E-state index in [4.69, 9.17) is 0 Å². The molecule has 5 nitrogen and oxygen atoms in total. The maximum atomic E-state index is 13.7. The van der Waals surface area contributed by atoms with Crippen molar-refractivity contribution in [3.63, 3.8) is 0 Å². The summed E-state index contributed by atoms with van der Waals surface area (Å²) in [6, 6.07) is 16.8. The summed E-state index contributed by atoms with van der Waals surface area (Å²) in [6.07, 6.45) is 0. The molecule has 3 aromatic rings. The third kappa shape index (κ3) is 4.29. The van der Waals surface area contributed by atoms with Crippen LogP contribution in [0.4, 0.5) is 20.2 Å². The molecule has 0 radical (unpaired) electrons. The Labute approximate surface area is 154 Å². The van der Waals surface area contributed by atoms with Gasteiger partial charge in [-0.05, 0) is 42.5 Å². The van der Waals surface area contributed by atoms with Crippen LogP contribution in [0.15, 0.2) is 77.7 Å². The van der Waals surface area contributed by atoms with Crippen molar-refractivity contribution in [3.8, 4) is 0 Å². The molecule has 0 bridgehead atoms. The van der Waals surface area contributed by atoms with Gasteiger partial charge in [0.05, 0.1) is 4.90 Å². The fourth-order valence-electron chi connectivity index (χ4n) is 2.32. The molecule has 2 N–H and O–H groups in total. The Morgan fingerprint density at radius 1 is 0.815 bits per heavy atom. The van der Waals surface area contributed by atoms with E-state index in [0.717, 1.165) is 24.3 Å². The van der Waals surface area contributed by atoms with Crippen LogP contribution >= 0.6 is 0 Å². The number of carbonyl (C=O) groups excluding carboxylic acids is 1. The van der Waals surface area contributed by atoms with E-state index in [9.17, 15) is 22.0 Å². The van der Waals surface area contributed by atoms with Crippen LogP contribution in [0.3, 0.4) is 0 Å². The average molecular weight is 388 g/mol. The average Bonchev–Trinajstić information content (AvgIpc) is 2.66. The molecule has 0 aromatic heterocycles. The predicted octanol–water partition coefficient (Wildman–Crippen LogP) is 4.02. The van der Waals surface area contributed by atoms with Crippen molar-refractivity contribution < 1.29 is 22.0 Å². The zero-order valence-electron chi connectivity index (χ0n) is 13.8. The van der Waals surface area contributed by atoms with Gasteiger partial charge in [0.1, 0.15) is 17.3 Å². The third-order valence-electron chi connectivity index (χ3n) is 3.64. The molecule has 0 saturated carbocycles. The summed E-state index contributed by atoms with van der Waals surface area (Å²) in [6.45, 7) is 0. The highest BCUT2D eigenvalue weighted by atomic mass is 32.2. The molecule has 0 aliphatic heterocycles. The van der Waals surface area contributed by atoms with Gasteiger partial charge in [-0.3, -0.25) is 9.52 Å². The second-order valence-electron chi connectivity index (χ2n) is 5.55. The first-order valence-corrected chi connectivity index (χ1v) is 9.28. The van der Waals surface area contributed by atoms with Crippen LogP contribution in [0.1, 0.15) is 10.4 Å². The maximum absolute atomic E-state index is 13.7. The second kappa shape index (κ2) is 7.55. The number of nitrogens with one attached hydrogen (secondary N) is 2. The number of carbonyl (C=O) groups is 1. The molecule has 0 aliphatic carbocycles. The van der Waals surface area contributed by atoms with Crippen molar-refractivity contribution in [2.75, 3.05) is 10.0 Å². The van der Waals surface area contributed by atoms with Crippen molar-refractivity contribution in [1.29, 1.82) is 0 Å². The van der Waals surface area contributed by atoms with Gasteiger partial charge in [0.2, 0.25) is 0 Å². The molecule has 1 amide bonds. The van der Waals surface area contributed by atoms with Crippen LogP contribution in [-0.4, -0.2) is 14.3 Å². The normalized spacial score (nSPS) is 11.0. The van der Waals surface area contributed by atoms with Crippen LogP contribution in [0.5, 0.6) is 0 Å². The number of rotatable bonds is 5. The first-order valence-electron chi connectivity index (χ1n) is 7.80. The molecule has 3 aromatic carbocycles. The predicted molar refractivity (Wildman–Crippen MR) is 98.0 cm³/mol. The molecule has 0 spiro atoms. The Bertz CT molecular complexity index is 1070. The van der Waals surface area contributed by atoms with Crippen LogP contribution in [0.2, 0.25) is 0 Å². The van der Waals surface area contributed by atoms with Gasteiger partial charge in [-0.1, -0.05) is 30.3 Å². The lowest BCUT2D eigenvalue weighted by Gasteiger charge is -2.11. The van der Waals surface area contributed by atoms with E-state index in [2.05, 4.69) is 5.32 Å². The molecule has 0 unspecified atom stereocenters. The van der Waals surface area contributed by atoms with Crippen molar-refractivity contribution in [2.45, 2.75) is 4.90 Å². The van der Waals surface area contributed by atoms with Crippen molar-refractivity contribution in [2.24, 2.45) is 0 Å². The molecular weight excluding hydrogens is 374 g/mol. The first-order chi connectivity index (χ1) is 12.9. The van der Waals surface area contributed by atoms with Gasteiger partial charge in [-0.25, -0.2) is 17.2 Å². The molecule has 0 fully saturated rings. The Balaban J connectivity index is 1.87. The largest absolute Gasteiger partial charge is 0.322 e. The smallest absolute Gasteiger partial charge is 0.262 e. The molecule has 138 valence electrons. The fraction of sp³-hybridized carbons (Fsp3) is 0. The molecule has 0 atom stereocenters. The van der Waals surface area contributed by atoms with Gasteiger partial charge in [-0.15, -0.1) is 0 Å². The number of hydrogen-bond acceptors (Lipinski definition) is 3. The Hall–Kier alpha value is -3.26. The lowest BCUT2D eigenvalue weighted by Crippen LogP contribution is -2.17. The molecule has 8 heteroatoms. The van der Waals surface area contributed by atoms with Crippen LogP contribution < -0.4 is 10.0 Å². The highest BCUT2D eigenvalue weighted by Crippen LogP contribution is 2.23. The summed E-state index contributed by atoms with van der Waals surface area (Å²) in [5.74, 6) is -2.61. The van der Waals surface area contributed by atoms with E-state index in [-0.39, 0.29) is 10.5 Å². The monoisotopic (exact) mass is 388 g/mol. The number of amides is 1. The number of anilines is 2. The van der Waals surface area contributed by atoms with E-state index in [0.29, 0.717) is 5.69 Å². The van der Waals surface area contributed by atoms with Gasteiger partial charge in [0.15, 0.2) is 0 Å². The summed E-state index contributed by atoms with van der Waals surface area (Å²) < 4.78 is 54.2. The topological polar surface area (TPSA) is 75.3 Å². The summed E-state index contributed by atoms with van der Waals surface area (Å²) in [5.41, 5.74) is -0.158. The van der Waals surface area contributed by atoms with Gasteiger partial charge >= 0.3 is 0 Å². The molecule has 0 saturated heterocycles. The van der Waals surface area contributed by atoms with E-state index >= 15 is 0 Å². The van der Waals surface area contributed by atoms with Crippen molar-refractivity contribution in [3.05, 3.63) is 90.0 Å². The molecule has 3 rings (SSSR count). The summed E-state index contributed by atoms with van der Waals surface area (Å²) in [7, 11) is -4.30. The first kappa shape index (κ1) is 18.5. The van der Waals surface area contributed by atoms with Gasteiger partial charge in [0, 0.05) is 11.3 Å². The molecular formula is C19H14F2N2O3S. The fourth-order valence-corrected chi connectivity index (χ4v) is 3.44. The lowest BCUT2D eigenvalue weighted by molar-refractivity contribution is 0.102. The van der Waals surface area contributed by atoms with Crippen LogP contribution in [-0.2, 0) is 10.0 Å². The number of benzene rings is 3. The maximum Gasteiger partial charge on any atom is 0.262 e. The Kier molecular flexibility index (Phi) is 5.18. The van der Waals surface area contributed by atoms with Crippen molar-refractivity contribution in [1.82, 2.24) is 0 Å². The quantitative estimate of drug-likeness (QED) is 0.693. The highest BCUT2D eigenvalue weighted by molar-refractivity contribution is 7.92. The minimum Gasteiger partial charge on any atom is -0.322 e. The van der Waals surface area contributed by atoms with Gasteiger partial charge in [0.25, 0.3) is 15.9 Å². The standard InChI is InChI=1S/C19H14F2N2O3S/c20-16-10-5-11-17(21)18(16)23-27(25,26)15-9-4-6-13(12-15)19(24)22-14-7-2-1-3-8-14/h1-12,23H,(H,22,24).